The summed E-state index contributed by atoms with van der Waals surface area (Å²) in [5.41, 5.74) is 3.29. The van der Waals surface area contributed by atoms with Gasteiger partial charge in [-0.1, -0.05) is 36.4 Å². The maximum atomic E-state index is 5.80. The minimum absolute atomic E-state index is 0.627. The summed E-state index contributed by atoms with van der Waals surface area (Å²) in [6.45, 7) is 7.30. The lowest BCUT2D eigenvalue weighted by atomic mass is 10.1. The lowest BCUT2D eigenvalue weighted by Crippen LogP contribution is -2.39. The summed E-state index contributed by atoms with van der Waals surface area (Å²) >= 11 is 5.77. The van der Waals surface area contributed by atoms with Crippen molar-refractivity contribution in [2.75, 3.05) is 19.8 Å². The second-order valence-corrected chi connectivity index (χ2v) is 7.67. The number of aromatic nitrogens is 1. The van der Waals surface area contributed by atoms with Gasteiger partial charge in [0, 0.05) is 19.3 Å². The van der Waals surface area contributed by atoms with E-state index in [1.54, 1.807) is 0 Å². The van der Waals surface area contributed by atoms with E-state index in [4.69, 9.17) is 21.7 Å². The van der Waals surface area contributed by atoms with Crippen molar-refractivity contribution in [3.05, 3.63) is 89.7 Å². The van der Waals surface area contributed by atoms with Crippen LogP contribution in [-0.2, 0) is 19.5 Å². The molecule has 0 amide bonds. The predicted molar refractivity (Wildman–Crippen MR) is 133 cm³/mol. The van der Waals surface area contributed by atoms with Gasteiger partial charge in [-0.25, -0.2) is 0 Å². The Morgan fingerprint density at radius 2 is 1.72 bits per heavy atom. The molecule has 2 aromatic carbocycles. The Balaban J connectivity index is 1.66. The molecule has 168 valence electrons. The fraction of sp³-hybridized carbons (Fsp3) is 0.308. The monoisotopic (exact) mass is 449 g/mol. The molecule has 0 aliphatic rings. The summed E-state index contributed by atoms with van der Waals surface area (Å²) in [6.07, 6.45) is 2.59. The number of benzene rings is 2. The number of nitrogens with zero attached hydrogens (tertiary/aromatic N) is 2. The van der Waals surface area contributed by atoms with Gasteiger partial charge in [-0.2, -0.15) is 0 Å². The first-order valence-corrected chi connectivity index (χ1v) is 11.5. The van der Waals surface area contributed by atoms with E-state index in [1.807, 2.05) is 68.6 Å². The molecule has 0 aliphatic carbocycles. The van der Waals surface area contributed by atoms with E-state index in [1.165, 1.54) is 5.56 Å². The Morgan fingerprint density at radius 1 is 0.938 bits per heavy atom. The maximum Gasteiger partial charge on any atom is 0.169 e. The molecule has 0 spiro atoms. The van der Waals surface area contributed by atoms with Gasteiger partial charge in [0.2, 0.25) is 0 Å². The molecule has 0 atom stereocenters. The second-order valence-electron chi connectivity index (χ2n) is 7.28. The van der Waals surface area contributed by atoms with Gasteiger partial charge in [0.15, 0.2) is 5.11 Å². The molecule has 0 saturated heterocycles. The third-order valence-electron chi connectivity index (χ3n) is 4.90. The highest BCUT2D eigenvalue weighted by Gasteiger charge is 2.13. The molecule has 32 heavy (non-hydrogen) atoms. The summed E-state index contributed by atoms with van der Waals surface area (Å²) in [7, 11) is 0. The first kappa shape index (κ1) is 23.5. The minimum atomic E-state index is 0.627. The number of ether oxygens (including phenoxy) is 2. The van der Waals surface area contributed by atoms with E-state index >= 15 is 0 Å². The quantitative estimate of drug-likeness (QED) is 0.416. The number of thiocarbonyl (C=S) groups is 1. The summed E-state index contributed by atoms with van der Waals surface area (Å²) in [4.78, 5) is 6.62. The molecule has 1 aromatic heterocycles. The molecule has 0 fully saturated rings. The van der Waals surface area contributed by atoms with E-state index in [-0.39, 0.29) is 0 Å². The fourth-order valence-electron chi connectivity index (χ4n) is 3.41. The van der Waals surface area contributed by atoms with E-state index in [0.29, 0.717) is 38.0 Å². The lowest BCUT2D eigenvalue weighted by Gasteiger charge is -2.26. The Kier molecular flexibility index (Phi) is 9.32. The Bertz CT molecular complexity index is 926. The van der Waals surface area contributed by atoms with Crippen molar-refractivity contribution in [3.63, 3.8) is 0 Å². The van der Waals surface area contributed by atoms with E-state index < -0.39 is 0 Å². The third-order valence-corrected chi connectivity index (χ3v) is 5.30. The number of hydrogen-bond acceptors (Lipinski definition) is 4. The Hall–Kier alpha value is -3.12. The first-order chi connectivity index (χ1) is 15.7. The average molecular weight is 450 g/mol. The van der Waals surface area contributed by atoms with Crippen LogP contribution in [0.5, 0.6) is 11.5 Å². The zero-order chi connectivity index (χ0) is 22.6. The third kappa shape index (κ3) is 7.24. The molecule has 0 saturated carbocycles. The Morgan fingerprint density at radius 3 is 2.44 bits per heavy atom. The maximum absolute atomic E-state index is 5.80. The average Bonchev–Trinajstić information content (AvgIpc) is 2.82. The van der Waals surface area contributed by atoms with Crippen LogP contribution in [0.25, 0.3) is 0 Å². The number of rotatable bonds is 11. The standard InChI is InChI=1S/C26H31N3O2S/c1-3-30-24-13-14-25(31-4-2)22(18-24)15-17-28-26(32)29(19-21-10-6-5-7-11-21)20-23-12-8-9-16-27-23/h5-14,16,18H,3-4,15,17,19-20H2,1-2H3,(H,28,32). The topological polar surface area (TPSA) is 46.6 Å². The van der Waals surface area contributed by atoms with E-state index in [9.17, 15) is 0 Å². The smallest absolute Gasteiger partial charge is 0.169 e. The van der Waals surface area contributed by atoms with Crippen LogP contribution < -0.4 is 14.8 Å². The second kappa shape index (κ2) is 12.7. The largest absolute Gasteiger partial charge is 0.494 e. The zero-order valence-corrected chi connectivity index (χ0v) is 19.6. The van der Waals surface area contributed by atoms with Gasteiger partial charge >= 0.3 is 0 Å². The SMILES string of the molecule is CCOc1ccc(OCC)c(CCNC(=S)N(Cc2ccccc2)Cc2ccccn2)c1. The molecule has 0 radical (unpaired) electrons. The van der Waals surface area contributed by atoms with Gasteiger partial charge in [-0.15, -0.1) is 0 Å². The summed E-state index contributed by atoms with van der Waals surface area (Å²) in [5, 5.41) is 4.13. The van der Waals surface area contributed by atoms with Crippen LogP contribution in [0.3, 0.4) is 0 Å². The molecular weight excluding hydrogens is 418 g/mol. The molecule has 0 unspecified atom stereocenters. The molecule has 3 rings (SSSR count). The van der Waals surface area contributed by atoms with Gasteiger partial charge < -0.3 is 19.7 Å². The molecule has 6 heteroatoms. The van der Waals surface area contributed by atoms with Crippen LogP contribution in [0.4, 0.5) is 0 Å². The molecule has 0 bridgehead atoms. The van der Waals surface area contributed by atoms with Crippen molar-refractivity contribution in [2.45, 2.75) is 33.4 Å². The highest BCUT2D eigenvalue weighted by Crippen LogP contribution is 2.25. The summed E-state index contributed by atoms with van der Waals surface area (Å²) in [5.74, 6) is 1.74. The van der Waals surface area contributed by atoms with Crippen LogP contribution in [-0.4, -0.2) is 34.8 Å². The highest BCUT2D eigenvalue weighted by molar-refractivity contribution is 7.80. The zero-order valence-electron chi connectivity index (χ0n) is 18.8. The highest BCUT2D eigenvalue weighted by atomic mass is 32.1. The number of pyridine rings is 1. The van der Waals surface area contributed by atoms with Crippen molar-refractivity contribution in [2.24, 2.45) is 0 Å². The van der Waals surface area contributed by atoms with Crippen molar-refractivity contribution < 1.29 is 9.47 Å². The Labute approximate surface area is 196 Å². The van der Waals surface area contributed by atoms with Gasteiger partial charge in [-0.05, 0) is 73.9 Å². The molecule has 5 nitrogen and oxygen atoms in total. The normalized spacial score (nSPS) is 10.4. The van der Waals surface area contributed by atoms with Crippen LogP contribution in [0.15, 0.2) is 72.9 Å². The minimum Gasteiger partial charge on any atom is -0.494 e. The van der Waals surface area contributed by atoms with E-state index in [0.717, 1.165) is 29.2 Å². The number of hydrogen-bond donors (Lipinski definition) is 1. The van der Waals surface area contributed by atoms with Crippen LogP contribution in [0, 0.1) is 0 Å². The van der Waals surface area contributed by atoms with E-state index in [2.05, 4.69) is 33.4 Å². The first-order valence-electron chi connectivity index (χ1n) is 11.0. The fourth-order valence-corrected chi connectivity index (χ4v) is 3.64. The number of nitrogens with one attached hydrogen (secondary N) is 1. The molecule has 1 N–H and O–H groups in total. The molecule has 0 aliphatic heterocycles. The molecule has 1 heterocycles. The van der Waals surface area contributed by atoms with Crippen molar-refractivity contribution in [3.8, 4) is 11.5 Å². The van der Waals surface area contributed by atoms with Crippen LogP contribution >= 0.6 is 12.2 Å². The summed E-state index contributed by atoms with van der Waals surface area (Å²) in [6, 6.07) is 22.3. The van der Waals surface area contributed by atoms with Crippen molar-refractivity contribution in [1.82, 2.24) is 15.2 Å². The van der Waals surface area contributed by atoms with Crippen molar-refractivity contribution in [1.29, 1.82) is 0 Å². The van der Waals surface area contributed by atoms with Crippen molar-refractivity contribution >= 4 is 17.3 Å². The van der Waals surface area contributed by atoms with Crippen LogP contribution in [0.2, 0.25) is 0 Å². The lowest BCUT2D eigenvalue weighted by molar-refractivity contribution is 0.327. The molecular formula is C26H31N3O2S. The van der Waals surface area contributed by atoms with Gasteiger partial charge in [0.05, 0.1) is 25.5 Å². The van der Waals surface area contributed by atoms with Gasteiger partial charge in [0.1, 0.15) is 11.5 Å². The van der Waals surface area contributed by atoms with Crippen LogP contribution in [0.1, 0.15) is 30.7 Å². The van der Waals surface area contributed by atoms with Gasteiger partial charge in [-0.3, -0.25) is 4.98 Å². The summed E-state index contributed by atoms with van der Waals surface area (Å²) < 4.78 is 11.5. The van der Waals surface area contributed by atoms with Gasteiger partial charge in [0.25, 0.3) is 0 Å². The predicted octanol–water partition coefficient (Wildman–Crippen LogP) is 5.00. The molecule has 3 aromatic rings.